The summed E-state index contributed by atoms with van der Waals surface area (Å²) in [7, 11) is 0. The lowest BCUT2D eigenvalue weighted by atomic mass is 9.72. The number of likely N-dealkylation sites (tertiary alicyclic amines) is 1. The summed E-state index contributed by atoms with van der Waals surface area (Å²) in [4.78, 5) is 28.2. The van der Waals surface area contributed by atoms with Crippen LogP contribution in [0.2, 0.25) is 0 Å². The van der Waals surface area contributed by atoms with Gasteiger partial charge < -0.3 is 14.9 Å². The van der Waals surface area contributed by atoms with Crippen LogP contribution in [0.1, 0.15) is 20.7 Å². The van der Waals surface area contributed by atoms with Crippen LogP contribution in [0.25, 0.3) is 10.8 Å². The molecule has 0 aliphatic carbocycles. The first-order valence-corrected chi connectivity index (χ1v) is 10.3. The Labute approximate surface area is 176 Å². The lowest BCUT2D eigenvalue weighted by Crippen LogP contribution is -2.73. The number of amides is 1. The quantitative estimate of drug-likeness (QED) is 0.647. The van der Waals surface area contributed by atoms with Gasteiger partial charge in [0, 0.05) is 47.3 Å². The van der Waals surface area contributed by atoms with Crippen molar-refractivity contribution in [2.24, 2.45) is 5.41 Å². The van der Waals surface area contributed by atoms with Crippen molar-refractivity contribution in [3.63, 3.8) is 0 Å². The van der Waals surface area contributed by atoms with Gasteiger partial charge in [-0.1, -0.05) is 40.2 Å². The maximum Gasteiger partial charge on any atom is 0.335 e. The van der Waals surface area contributed by atoms with Crippen molar-refractivity contribution in [1.82, 2.24) is 4.90 Å². The number of rotatable bonds is 3. The molecule has 1 spiro atoms. The average Bonchev–Trinajstić information content (AvgIpc) is 2.66. The van der Waals surface area contributed by atoms with Crippen LogP contribution in [0, 0.1) is 5.41 Å². The molecule has 0 bridgehead atoms. The standard InChI is InChI=1S/C23H19BrN2O3/c24-20-6-2-3-17-18(20)4-1-5-19(17)21(27)26-13-23(14-26)11-25(12-23)16-9-7-15(8-10-16)22(28)29/h1-10H,11-14H2,(H,28,29). The molecule has 2 fully saturated rings. The van der Waals surface area contributed by atoms with Crippen molar-refractivity contribution in [2.75, 3.05) is 31.1 Å². The molecule has 1 N–H and O–H groups in total. The largest absolute Gasteiger partial charge is 0.478 e. The first-order chi connectivity index (χ1) is 14.0. The molecule has 6 heteroatoms. The van der Waals surface area contributed by atoms with Crippen LogP contribution in [0.3, 0.4) is 0 Å². The van der Waals surface area contributed by atoms with Crippen molar-refractivity contribution >= 4 is 44.3 Å². The van der Waals surface area contributed by atoms with Gasteiger partial charge in [0.25, 0.3) is 5.91 Å². The second-order valence-electron chi connectivity index (χ2n) is 8.01. The molecule has 29 heavy (non-hydrogen) atoms. The summed E-state index contributed by atoms with van der Waals surface area (Å²) in [6, 6.07) is 18.8. The molecule has 2 aliphatic rings. The Morgan fingerprint density at radius 2 is 1.52 bits per heavy atom. The van der Waals surface area contributed by atoms with Crippen LogP contribution in [0.15, 0.2) is 65.1 Å². The Balaban J connectivity index is 1.26. The number of halogens is 1. The average molecular weight is 451 g/mol. The zero-order valence-corrected chi connectivity index (χ0v) is 17.2. The van der Waals surface area contributed by atoms with Crippen LogP contribution in [-0.2, 0) is 0 Å². The highest BCUT2D eigenvalue weighted by atomic mass is 79.9. The number of anilines is 1. The molecule has 0 unspecified atom stereocenters. The highest BCUT2D eigenvalue weighted by molar-refractivity contribution is 9.10. The van der Waals surface area contributed by atoms with Gasteiger partial charge >= 0.3 is 5.97 Å². The van der Waals surface area contributed by atoms with Crippen molar-refractivity contribution in [1.29, 1.82) is 0 Å². The topological polar surface area (TPSA) is 60.9 Å². The molecule has 3 aromatic rings. The van der Waals surface area contributed by atoms with Crippen molar-refractivity contribution in [3.05, 3.63) is 76.3 Å². The monoisotopic (exact) mass is 450 g/mol. The van der Waals surface area contributed by atoms with Gasteiger partial charge in [-0.2, -0.15) is 0 Å². The minimum absolute atomic E-state index is 0.0867. The van der Waals surface area contributed by atoms with Gasteiger partial charge in [0.2, 0.25) is 0 Å². The fourth-order valence-corrected chi connectivity index (χ4v) is 4.99. The SMILES string of the molecule is O=C(O)c1ccc(N2CC3(CN(C(=O)c4cccc5c(Br)cccc45)C3)C2)cc1. The number of carboxylic acid groups (broad SMARTS) is 1. The molecule has 0 saturated carbocycles. The molecule has 5 nitrogen and oxygen atoms in total. The molecule has 2 saturated heterocycles. The van der Waals surface area contributed by atoms with E-state index in [1.807, 2.05) is 53.4 Å². The Bertz CT molecular complexity index is 1130. The third kappa shape index (κ3) is 2.99. The molecule has 0 radical (unpaired) electrons. The second-order valence-corrected chi connectivity index (χ2v) is 8.86. The smallest absolute Gasteiger partial charge is 0.335 e. The molecule has 5 rings (SSSR count). The number of carbonyl (C=O) groups is 2. The summed E-state index contributed by atoms with van der Waals surface area (Å²) >= 11 is 3.56. The molecular formula is C23H19BrN2O3. The van der Waals surface area contributed by atoms with E-state index in [9.17, 15) is 9.59 Å². The van der Waals surface area contributed by atoms with E-state index in [2.05, 4.69) is 20.8 Å². The summed E-state index contributed by atoms with van der Waals surface area (Å²) in [6.07, 6.45) is 0. The molecule has 1 amide bonds. The van der Waals surface area contributed by atoms with Gasteiger partial charge in [0.15, 0.2) is 0 Å². The summed E-state index contributed by atoms with van der Waals surface area (Å²) in [6.45, 7) is 3.31. The summed E-state index contributed by atoms with van der Waals surface area (Å²) in [5.41, 5.74) is 2.24. The Hall–Kier alpha value is -2.86. The third-order valence-electron chi connectivity index (χ3n) is 5.97. The van der Waals surface area contributed by atoms with Gasteiger partial charge in [-0.3, -0.25) is 4.79 Å². The third-order valence-corrected chi connectivity index (χ3v) is 6.66. The maximum absolute atomic E-state index is 13.1. The van der Waals surface area contributed by atoms with E-state index in [-0.39, 0.29) is 11.3 Å². The van der Waals surface area contributed by atoms with E-state index in [0.717, 1.165) is 52.7 Å². The molecule has 146 valence electrons. The molecule has 2 heterocycles. The number of nitrogens with zero attached hydrogens (tertiary/aromatic N) is 2. The van der Waals surface area contributed by atoms with Crippen molar-refractivity contribution in [2.45, 2.75) is 0 Å². The van der Waals surface area contributed by atoms with Gasteiger partial charge in [-0.15, -0.1) is 0 Å². The second kappa shape index (κ2) is 6.59. The van der Waals surface area contributed by atoms with Gasteiger partial charge in [-0.25, -0.2) is 4.79 Å². The molecule has 3 aromatic carbocycles. The zero-order valence-electron chi connectivity index (χ0n) is 15.6. The van der Waals surface area contributed by atoms with Crippen molar-refractivity contribution in [3.8, 4) is 0 Å². The molecule has 2 aliphatic heterocycles. The Kier molecular flexibility index (Phi) is 4.13. The van der Waals surface area contributed by atoms with E-state index in [1.165, 1.54) is 0 Å². The van der Waals surface area contributed by atoms with E-state index >= 15 is 0 Å². The Morgan fingerprint density at radius 1 is 0.862 bits per heavy atom. The predicted molar refractivity (Wildman–Crippen MR) is 116 cm³/mol. The predicted octanol–water partition coefficient (Wildman–Crippen LogP) is 4.26. The lowest BCUT2D eigenvalue weighted by Gasteiger charge is -2.61. The van der Waals surface area contributed by atoms with Crippen LogP contribution < -0.4 is 4.90 Å². The maximum atomic E-state index is 13.1. The Morgan fingerprint density at radius 3 is 2.21 bits per heavy atom. The molecule has 0 atom stereocenters. The van der Waals surface area contributed by atoms with Crippen LogP contribution in [0.4, 0.5) is 5.69 Å². The van der Waals surface area contributed by atoms with Gasteiger partial charge in [0.1, 0.15) is 0 Å². The molecule has 0 aromatic heterocycles. The van der Waals surface area contributed by atoms with E-state index in [0.29, 0.717) is 5.56 Å². The lowest BCUT2D eigenvalue weighted by molar-refractivity contribution is -0.0103. The summed E-state index contributed by atoms with van der Waals surface area (Å²) < 4.78 is 0.994. The van der Waals surface area contributed by atoms with E-state index in [1.54, 1.807) is 12.1 Å². The number of carboxylic acids is 1. The van der Waals surface area contributed by atoms with Crippen LogP contribution in [-0.4, -0.2) is 48.1 Å². The van der Waals surface area contributed by atoms with E-state index in [4.69, 9.17) is 5.11 Å². The highest BCUT2D eigenvalue weighted by Crippen LogP contribution is 2.42. The summed E-state index contributed by atoms with van der Waals surface area (Å²) in [5, 5.41) is 11.0. The number of fused-ring (bicyclic) bond motifs is 1. The zero-order chi connectivity index (χ0) is 20.2. The van der Waals surface area contributed by atoms with Crippen LogP contribution >= 0.6 is 15.9 Å². The van der Waals surface area contributed by atoms with E-state index < -0.39 is 5.97 Å². The fraction of sp³-hybridized carbons (Fsp3) is 0.217. The first-order valence-electron chi connectivity index (χ1n) is 9.51. The number of aromatic carboxylic acids is 1. The van der Waals surface area contributed by atoms with Crippen LogP contribution in [0.5, 0.6) is 0 Å². The number of hydrogen-bond donors (Lipinski definition) is 1. The minimum atomic E-state index is -0.912. The number of carbonyl (C=O) groups excluding carboxylic acids is 1. The summed E-state index contributed by atoms with van der Waals surface area (Å²) in [5.74, 6) is -0.825. The first kappa shape index (κ1) is 18.2. The van der Waals surface area contributed by atoms with Gasteiger partial charge in [-0.05, 0) is 47.2 Å². The van der Waals surface area contributed by atoms with Crippen molar-refractivity contribution < 1.29 is 14.7 Å². The molecular weight excluding hydrogens is 432 g/mol. The van der Waals surface area contributed by atoms with Gasteiger partial charge in [0.05, 0.1) is 5.56 Å². The fourth-order valence-electron chi connectivity index (χ4n) is 4.50. The highest BCUT2D eigenvalue weighted by Gasteiger charge is 2.53. The number of hydrogen-bond acceptors (Lipinski definition) is 3. The minimum Gasteiger partial charge on any atom is -0.478 e. The normalized spacial score (nSPS) is 17.1. The number of benzene rings is 3.